The van der Waals surface area contributed by atoms with Crippen molar-refractivity contribution in [3.8, 4) is 0 Å². The van der Waals surface area contributed by atoms with E-state index in [0.29, 0.717) is 34.3 Å². The van der Waals surface area contributed by atoms with E-state index >= 15 is 0 Å². The summed E-state index contributed by atoms with van der Waals surface area (Å²) >= 11 is 0. The number of aliphatic hydroxyl groups is 1. The summed E-state index contributed by atoms with van der Waals surface area (Å²) in [4.78, 5) is 0. The molecule has 0 aliphatic heterocycles. The Kier molecular flexibility index (Phi) is 2.27. The van der Waals surface area contributed by atoms with Gasteiger partial charge in [0.2, 0.25) is 0 Å². The van der Waals surface area contributed by atoms with Crippen molar-refractivity contribution in [3.05, 3.63) is 0 Å². The van der Waals surface area contributed by atoms with E-state index in [2.05, 4.69) is 13.8 Å². The van der Waals surface area contributed by atoms with Crippen LogP contribution in [0.3, 0.4) is 0 Å². The molecule has 2 heteroatoms. The summed E-state index contributed by atoms with van der Waals surface area (Å²) in [6.45, 7) is 5.50. The first-order valence-electron chi connectivity index (χ1n) is 10.4. The van der Waals surface area contributed by atoms with E-state index in [0.717, 1.165) is 36.0 Å². The second-order valence-electron chi connectivity index (χ2n) is 10.4. The number of nitrogens with two attached hydrogens (primary N) is 1. The van der Waals surface area contributed by atoms with Crippen molar-refractivity contribution in [1.29, 1.82) is 0 Å². The lowest BCUT2D eigenvalue weighted by Crippen LogP contribution is -2.72. The number of hydrogen-bond acceptors (Lipinski definition) is 2. The van der Waals surface area contributed by atoms with Crippen LogP contribution >= 0.6 is 0 Å². The van der Waals surface area contributed by atoms with Crippen molar-refractivity contribution >= 4 is 0 Å². The van der Waals surface area contributed by atoms with Gasteiger partial charge in [-0.3, -0.25) is 0 Å². The van der Waals surface area contributed by atoms with Crippen LogP contribution in [0.4, 0.5) is 0 Å². The Balaban J connectivity index is 1.68. The van der Waals surface area contributed by atoms with Crippen molar-refractivity contribution in [2.45, 2.75) is 71.3 Å². The minimum Gasteiger partial charge on any atom is -0.396 e. The number of rotatable bonds is 3. The predicted octanol–water partition coefficient (Wildman–Crippen LogP) is 3.57. The van der Waals surface area contributed by atoms with Gasteiger partial charge < -0.3 is 10.8 Å². The monoisotopic (exact) mass is 315 g/mol. The molecule has 6 saturated carbocycles. The third-order valence-corrected chi connectivity index (χ3v) is 11.2. The Hall–Kier alpha value is -0.0800. The standard InChI is InChI=1S/C21H33NO/c1-3-12-13-7-8-20-15-6-4-5-14-17(15)18(2,11-16(20)22)21(13,20)19(12,14)9-10-23/h12-17,23H,3-11,22H2,1-2H3/t12?,13?,14?,15?,16?,17?,18-,19?,20?,21+/m0/s1. The molecule has 3 N–H and O–H groups in total. The van der Waals surface area contributed by atoms with Gasteiger partial charge in [0.25, 0.3) is 0 Å². The van der Waals surface area contributed by atoms with Crippen molar-refractivity contribution < 1.29 is 5.11 Å². The van der Waals surface area contributed by atoms with Gasteiger partial charge in [0.1, 0.15) is 0 Å². The van der Waals surface area contributed by atoms with E-state index in [4.69, 9.17) is 5.73 Å². The van der Waals surface area contributed by atoms with Crippen LogP contribution in [0.25, 0.3) is 0 Å². The first-order valence-corrected chi connectivity index (χ1v) is 10.4. The van der Waals surface area contributed by atoms with Gasteiger partial charge >= 0.3 is 0 Å². The number of hydrogen-bond donors (Lipinski definition) is 2. The number of aliphatic hydroxyl groups excluding tert-OH is 1. The van der Waals surface area contributed by atoms with Crippen LogP contribution in [0.15, 0.2) is 0 Å². The Morgan fingerprint density at radius 1 is 1.13 bits per heavy atom. The summed E-state index contributed by atoms with van der Waals surface area (Å²) in [5.41, 5.74) is 8.92. The molecule has 0 aromatic carbocycles. The van der Waals surface area contributed by atoms with Crippen molar-refractivity contribution in [1.82, 2.24) is 0 Å². The summed E-state index contributed by atoms with van der Waals surface area (Å²) in [5, 5.41) is 10.1. The molecule has 0 radical (unpaired) electrons. The molecule has 0 amide bonds. The van der Waals surface area contributed by atoms with Crippen LogP contribution in [0, 0.1) is 51.2 Å². The quantitative estimate of drug-likeness (QED) is 0.836. The van der Waals surface area contributed by atoms with Gasteiger partial charge in [-0.25, -0.2) is 0 Å². The molecule has 128 valence electrons. The average Bonchev–Trinajstić information content (AvgIpc) is 3.07. The summed E-state index contributed by atoms with van der Waals surface area (Å²) in [6, 6.07) is 0.452. The molecule has 6 fully saturated rings. The normalized spacial score (nSPS) is 69.9. The summed E-state index contributed by atoms with van der Waals surface area (Å²) < 4.78 is 0. The fourth-order valence-electron chi connectivity index (χ4n) is 12.1. The van der Waals surface area contributed by atoms with E-state index in [1.165, 1.54) is 44.9 Å². The highest BCUT2D eigenvalue weighted by Gasteiger charge is 2.99. The maximum Gasteiger partial charge on any atom is 0.0436 e. The van der Waals surface area contributed by atoms with Crippen LogP contribution in [0.2, 0.25) is 0 Å². The zero-order chi connectivity index (χ0) is 15.8. The largest absolute Gasteiger partial charge is 0.396 e. The molecular weight excluding hydrogens is 282 g/mol. The van der Waals surface area contributed by atoms with E-state index in [9.17, 15) is 5.11 Å². The first-order chi connectivity index (χ1) is 11.1. The molecule has 8 unspecified atom stereocenters. The van der Waals surface area contributed by atoms with E-state index < -0.39 is 0 Å². The molecule has 23 heavy (non-hydrogen) atoms. The lowest BCUT2D eigenvalue weighted by atomic mass is 9.29. The topological polar surface area (TPSA) is 46.2 Å². The lowest BCUT2D eigenvalue weighted by molar-refractivity contribution is -0.284. The Labute approximate surface area is 140 Å². The molecule has 4 bridgehead atoms. The van der Waals surface area contributed by atoms with E-state index in [1.54, 1.807) is 0 Å². The number of fused-ring (bicyclic) bond motifs is 1. The summed E-state index contributed by atoms with van der Waals surface area (Å²) in [6.07, 6.45) is 10.9. The van der Waals surface area contributed by atoms with Crippen molar-refractivity contribution in [2.75, 3.05) is 6.61 Å². The second-order valence-corrected chi connectivity index (χ2v) is 10.4. The minimum absolute atomic E-state index is 0.403. The molecule has 6 aliphatic rings. The highest BCUT2D eigenvalue weighted by atomic mass is 16.3. The van der Waals surface area contributed by atoms with Gasteiger partial charge in [0, 0.05) is 12.6 Å². The SMILES string of the molecule is CCC1C2CCC34C(N)C[C@@]5(C)C6C3CCCC6C1(CCO)[C@]245. The zero-order valence-electron chi connectivity index (χ0n) is 14.9. The second kappa shape index (κ2) is 3.70. The molecular formula is C21H33NO. The van der Waals surface area contributed by atoms with Gasteiger partial charge in [-0.1, -0.05) is 26.7 Å². The lowest BCUT2D eigenvalue weighted by Gasteiger charge is -2.75. The van der Waals surface area contributed by atoms with Crippen LogP contribution in [0.1, 0.15) is 65.2 Å². The fraction of sp³-hybridized carbons (Fsp3) is 1.00. The van der Waals surface area contributed by atoms with Gasteiger partial charge in [0.15, 0.2) is 0 Å². The molecule has 0 aromatic rings. The highest BCUT2D eigenvalue weighted by Crippen LogP contribution is 3.02. The molecule has 6 aliphatic carbocycles. The molecule has 0 heterocycles. The van der Waals surface area contributed by atoms with Gasteiger partial charge in [0.05, 0.1) is 0 Å². The third kappa shape index (κ3) is 0.907. The predicted molar refractivity (Wildman–Crippen MR) is 90.5 cm³/mol. The van der Waals surface area contributed by atoms with Crippen LogP contribution in [-0.2, 0) is 0 Å². The molecule has 0 saturated heterocycles. The minimum atomic E-state index is 0.403. The van der Waals surface area contributed by atoms with Crippen molar-refractivity contribution in [2.24, 2.45) is 57.0 Å². The Morgan fingerprint density at radius 2 is 1.91 bits per heavy atom. The Morgan fingerprint density at radius 3 is 2.65 bits per heavy atom. The van der Waals surface area contributed by atoms with Crippen LogP contribution in [0.5, 0.6) is 0 Å². The molecule has 1 spiro atoms. The molecule has 10 atom stereocenters. The summed E-state index contributed by atoms with van der Waals surface area (Å²) in [5.74, 6) is 4.62. The van der Waals surface area contributed by atoms with Gasteiger partial charge in [-0.05, 0) is 89.8 Å². The van der Waals surface area contributed by atoms with Gasteiger partial charge in [-0.2, -0.15) is 0 Å². The van der Waals surface area contributed by atoms with Crippen LogP contribution in [-0.4, -0.2) is 17.8 Å². The zero-order valence-corrected chi connectivity index (χ0v) is 14.9. The van der Waals surface area contributed by atoms with Gasteiger partial charge in [-0.15, -0.1) is 0 Å². The first kappa shape index (κ1) is 14.1. The fourth-order valence-corrected chi connectivity index (χ4v) is 12.1. The third-order valence-electron chi connectivity index (χ3n) is 11.2. The summed E-state index contributed by atoms with van der Waals surface area (Å²) in [7, 11) is 0. The molecule has 0 aromatic heterocycles. The van der Waals surface area contributed by atoms with E-state index in [1.807, 2.05) is 0 Å². The van der Waals surface area contributed by atoms with E-state index in [-0.39, 0.29) is 0 Å². The highest BCUT2D eigenvalue weighted by molar-refractivity contribution is 5.46. The van der Waals surface area contributed by atoms with Crippen LogP contribution < -0.4 is 5.73 Å². The molecule has 6 rings (SSSR count). The molecule has 2 nitrogen and oxygen atoms in total. The maximum absolute atomic E-state index is 10.1. The average molecular weight is 316 g/mol. The maximum atomic E-state index is 10.1. The smallest absolute Gasteiger partial charge is 0.0436 e. The Bertz CT molecular complexity index is 590. The van der Waals surface area contributed by atoms with Crippen molar-refractivity contribution in [3.63, 3.8) is 0 Å².